The van der Waals surface area contributed by atoms with Crippen LogP contribution >= 0.6 is 0 Å². The Morgan fingerprint density at radius 1 is 0.921 bits per heavy atom. The van der Waals surface area contributed by atoms with E-state index in [0.29, 0.717) is 5.56 Å². The highest BCUT2D eigenvalue weighted by molar-refractivity contribution is 7.89. The zero-order valence-electron chi connectivity index (χ0n) is 20.6. The van der Waals surface area contributed by atoms with E-state index in [1.165, 1.54) is 6.20 Å². The Bertz CT molecular complexity index is 1970. The molecule has 0 unspecified atom stereocenters. The van der Waals surface area contributed by atoms with Crippen molar-refractivity contribution >= 4 is 31.8 Å². The number of benzene rings is 3. The molecule has 9 heteroatoms. The molecule has 186 valence electrons. The van der Waals surface area contributed by atoms with Gasteiger partial charge in [-0.05, 0) is 49.2 Å². The lowest BCUT2D eigenvalue weighted by molar-refractivity contribution is 0.580. The van der Waals surface area contributed by atoms with Crippen LogP contribution in [0, 0.1) is 11.3 Å². The van der Waals surface area contributed by atoms with Crippen molar-refractivity contribution in [1.29, 1.82) is 5.26 Å². The summed E-state index contributed by atoms with van der Waals surface area (Å²) in [5, 5.41) is 23.1. The molecular weight excluding hydrogens is 496 g/mol. The maximum Gasteiger partial charge on any atom is 0.282 e. The first-order valence-corrected chi connectivity index (χ1v) is 13.4. The molecule has 38 heavy (non-hydrogen) atoms. The lowest BCUT2D eigenvalue weighted by Gasteiger charge is -2.15. The van der Waals surface area contributed by atoms with Gasteiger partial charge in [0.25, 0.3) is 10.0 Å². The van der Waals surface area contributed by atoms with E-state index in [1.54, 1.807) is 42.7 Å². The van der Waals surface area contributed by atoms with E-state index < -0.39 is 15.4 Å². The number of aromatic amines is 1. The minimum absolute atomic E-state index is 0.172. The summed E-state index contributed by atoms with van der Waals surface area (Å²) in [6.07, 6.45) is 4.82. The third kappa shape index (κ3) is 3.83. The smallest absolute Gasteiger partial charge is 0.276 e. The number of pyridine rings is 1. The van der Waals surface area contributed by atoms with Gasteiger partial charge in [-0.1, -0.05) is 48.5 Å². The zero-order chi connectivity index (χ0) is 26.5. The van der Waals surface area contributed by atoms with E-state index in [1.807, 2.05) is 56.3 Å². The monoisotopic (exact) mass is 518 g/mol. The quantitative estimate of drug-likeness (QED) is 0.314. The fraction of sp³-hybridized carbons (Fsp3) is 0.103. The Labute approximate surface area is 219 Å². The summed E-state index contributed by atoms with van der Waals surface area (Å²) in [4.78, 5) is 4.74. The van der Waals surface area contributed by atoms with Crippen LogP contribution < -0.4 is 0 Å². The number of aromatic nitrogens is 5. The minimum Gasteiger partial charge on any atom is -0.276 e. The average molecular weight is 519 g/mol. The standard InChI is InChI=1S/C29H22N6O2S/c1-29(2,18-30)22-11-8-19(9-12-22)28-27-24-14-20(10-13-25(24)31-16-26(27)33-34-28)21-15-32-35(17-21)38(36,37)23-6-4-3-5-7-23/h3-17H,1-2H3,(H,33,34). The van der Waals surface area contributed by atoms with Gasteiger partial charge in [-0.15, -0.1) is 0 Å². The summed E-state index contributed by atoms with van der Waals surface area (Å²) in [7, 11) is -3.80. The number of nitrogens with zero attached hydrogens (tertiary/aromatic N) is 5. The first-order chi connectivity index (χ1) is 18.3. The van der Waals surface area contributed by atoms with Gasteiger partial charge in [-0.3, -0.25) is 10.1 Å². The van der Waals surface area contributed by atoms with E-state index >= 15 is 0 Å². The van der Waals surface area contributed by atoms with E-state index in [9.17, 15) is 13.7 Å². The predicted molar refractivity (Wildman–Crippen MR) is 146 cm³/mol. The van der Waals surface area contributed by atoms with Gasteiger partial charge < -0.3 is 0 Å². The summed E-state index contributed by atoms with van der Waals surface area (Å²) in [6.45, 7) is 3.78. The molecule has 0 aliphatic carbocycles. The second kappa shape index (κ2) is 8.64. The molecule has 0 bridgehead atoms. The van der Waals surface area contributed by atoms with E-state index in [4.69, 9.17) is 0 Å². The molecule has 3 heterocycles. The van der Waals surface area contributed by atoms with Crippen molar-refractivity contribution in [2.45, 2.75) is 24.2 Å². The zero-order valence-corrected chi connectivity index (χ0v) is 21.4. The van der Waals surface area contributed by atoms with Gasteiger partial charge in [0.05, 0.1) is 46.0 Å². The SMILES string of the molecule is CC(C)(C#N)c1ccc(-c2n[nH]c3cnc4ccc(-c5cnn(S(=O)(=O)c6ccccc6)c5)cc4c23)cc1. The van der Waals surface area contributed by atoms with Gasteiger partial charge in [0.2, 0.25) is 0 Å². The minimum atomic E-state index is -3.80. The highest BCUT2D eigenvalue weighted by Gasteiger charge is 2.21. The van der Waals surface area contributed by atoms with Gasteiger partial charge in [0.15, 0.2) is 0 Å². The fourth-order valence-electron chi connectivity index (χ4n) is 4.49. The Hall–Kier alpha value is -4.81. The lowest BCUT2D eigenvalue weighted by Crippen LogP contribution is -2.13. The van der Waals surface area contributed by atoms with Crippen molar-refractivity contribution in [3.63, 3.8) is 0 Å². The van der Waals surface area contributed by atoms with E-state index in [0.717, 1.165) is 48.3 Å². The number of rotatable bonds is 5. The van der Waals surface area contributed by atoms with Crippen molar-refractivity contribution in [2.24, 2.45) is 0 Å². The van der Waals surface area contributed by atoms with Crippen LogP contribution in [-0.2, 0) is 15.4 Å². The van der Waals surface area contributed by atoms with Crippen LogP contribution in [0.4, 0.5) is 0 Å². The molecule has 0 amide bonds. The molecule has 1 N–H and O–H groups in total. The van der Waals surface area contributed by atoms with Crippen LogP contribution in [0.1, 0.15) is 19.4 Å². The number of nitrogens with one attached hydrogen (secondary N) is 1. The molecule has 0 saturated heterocycles. The normalized spacial score (nSPS) is 12.1. The molecule has 0 saturated carbocycles. The molecule has 0 atom stereocenters. The molecule has 8 nitrogen and oxygen atoms in total. The highest BCUT2D eigenvalue weighted by Crippen LogP contribution is 2.35. The molecule has 6 rings (SSSR count). The summed E-state index contributed by atoms with van der Waals surface area (Å²) < 4.78 is 27.0. The van der Waals surface area contributed by atoms with Gasteiger partial charge in [-0.25, -0.2) is 0 Å². The van der Waals surface area contributed by atoms with Crippen LogP contribution in [0.2, 0.25) is 0 Å². The van der Waals surface area contributed by atoms with Crippen LogP contribution in [0.5, 0.6) is 0 Å². The van der Waals surface area contributed by atoms with Gasteiger partial charge in [0, 0.05) is 21.9 Å². The summed E-state index contributed by atoms with van der Waals surface area (Å²) in [5.41, 5.74) is 5.07. The van der Waals surface area contributed by atoms with Crippen molar-refractivity contribution < 1.29 is 8.42 Å². The van der Waals surface area contributed by atoms with Gasteiger partial charge in [0.1, 0.15) is 5.69 Å². The summed E-state index contributed by atoms with van der Waals surface area (Å²) >= 11 is 0. The number of H-pyrrole nitrogens is 1. The highest BCUT2D eigenvalue weighted by atomic mass is 32.2. The fourth-order valence-corrected chi connectivity index (χ4v) is 5.63. The summed E-state index contributed by atoms with van der Waals surface area (Å²) in [6, 6.07) is 24.2. The van der Waals surface area contributed by atoms with Crippen molar-refractivity contribution in [2.75, 3.05) is 0 Å². The summed E-state index contributed by atoms with van der Waals surface area (Å²) in [5.74, 6) is 0. The molecular formula is C29H22N6O2S. The molecule has 0 fully saturated rings. The number of fused-ring (bicyclic) bond motifs is 3. The first-order valence-electron chi connectivity index (χ1n) is 11.9. The van der Waals surface area contributed by atoms with Crippen LogP contribution in [0.3, 0.4) is 0 Å². The maximum atomic E-state index is 13.0. The number of nitriles is 1. The Kier molecular flexibility index (Phi) is 5.36. The molecule has 3 aromatic heterocycles. The second-order valence-corrected chi connectivity index (χ2v) is 11.4. The topological polar surface area (TPSA) is 117 Å². The molecule has 0 aliphatic rings. The number of hydrogen-bond donors (Lipinski definition) is 1. The van der Waals surface area contributed by atoms with E-state index in [2.05, 4.69) is 26.3 Å². The Morgan fingerprint density at radius 2 is 1.66 bits per heavy atom. The number of hydrogen-bond acceptors (Lipinski definition) is 6. The molecule has 0 aliphatic heterocycles. The maximum absolute atomic E-state index is 13.0. The Balaban J connectivity index is 1.45. The van der Waals surface area contributed by atoms with E-state index in [-0.39, 0.29) is 4.90 Å². The van der Waals surface area contributed by atoms with Crippen molar-refractivity contribution in [3.05, 3.63) is 97.0 Å². The molecule has 3 aromatic carbocycles. The average Bonchev–Trinajstić information content (AvgIpc) is 3.62. The second-order valence-electron chi connectivity index (χ2n) is 9.58. The van der Waals surface area contributed by atoms with Crippen LogP contribution in [0.15, 0.2) is 96.3 Å². The lowest BCUT2D eigenvalue weighted by atomic mass is 9.86. The van der Waals surface area contributed by atoms with Crippen LogP contribution in [-0.4, -0.2) is 32.8 Å². The first kappa shape index (κ1) is 23.6. The molecule has 0 spiro atoms. The van der Waals surface area contributed by atoms with Gasteiger partial charge in [-0.2, -0.15) is 28.0 Å². The van der Waals surface area contributed by atoms with Gasteiger partial charge >= 0.3 is 0 Å². The molecule has 6 aromatic rings. The molecule has 0 radical (unpaired) electrons. The third-order valence-corrected chi connectivity index (χ3v) is 8.29. The third-order valence-electron chi connectivity index (χ3n) is 6.73. The van der Waals surface area contributed by atoms with Crippen molar-refractivity contribution in [1.82, 2.24) is 24.4 Å². The predicted octanol–water partition coefficient (Wildman–Crippen LogP) is 5.68. The Morgan fingerprint density at radius 3 is 2.39 bits per heavy atom. The largest absolute Gasteiger partial charge is 0.282 e. The van der Waals surface area contributed by atoms with Crippen molar-refractivity contribution in [3.8, 4) is 28.5 Å². The van der Waals surface area contributed by atoms with Crippen LogP contribution in [0.25, 0.3) is 44.2 Å².